The van der Waals surface area contributed by atoms with Crippen molar-refractivity contribution in [3.63, 3.8) is 0 Å². The summed E-state index contributed by atoms with van der Waals surface area (Å²) in [6.07, 6.45) is -3.02. The molecule has 0 bridgehead atoms. The van der Waals surface area contributed by atoms with Crippen molar-refractivity contribution in [2.24, 2.45) is 0 Å². The molecule has 1 heterocycles. The number of halogens is 4. The third-order valence-electron chi connectivity index (χ3n) is 3.63. The second kappa shape index (κ2) is 6.75. The van der Waals surface area contributed by atoms with E-state index in [2.05, 4.69) is 5.32 Å². The van der Waals surface area contributed by atoms with Crippen LogP contribution in [0.4, 0.5) is 17.6 Å². The van der Waals surface area contributed by atoms with Gasteiger partial charge in [0.1, 0.15) is 5.82 Å². The number of alkyl halides is 3. The first kappa shape index (κ1) is 16.2. The number of hydrogen-bond acceptors (Lipinski definition) is 2. The first-order valence-electron chi connectivity index (χ1n) is 7.13. The van der Waals surface area contributed by atoms with Gasteiger partial charge in [0.25, 0.3) is 0 Å². The summed E-state index contributed by atoms with van der Waals surface area (Å²) in [5.41, 5.74) is -0.921. The minimum atomic E-state index is -4.58. The maximum atomic E-state index is 13.1. The molecule has 0 radical (unpaired) electrons. The van der Waals surface area contributed by atoms with E-state index in [-0.39, 0.29) is 11.6 Å². The number of hydrogen-bond donors (Lipinski definition) is 1. The highest BCUT2D eigenvalue weighted by molar-refractivity contribution is 5.32. The summed E-state index contributed by atoms with van der Waals surface area (Å²) in [6, 6.07) is 2.92. The van der Waals surface area contributed by atoms with Crippen LogP contribution in [-0.4, -0.2) is 19.2 Å². The molecular formula is C15H19F4NO. The smallest absolute Gasteiger partial charge is 0.373 e. The average Bonchev–Trinajstić information content (AvgIpc) is 2.44. The number of benzene rings is 1. The van der Waals surface area contributed by atoms with Gasteiger partial charge in [-0.05, 0) is 43.5 Å². The molecule has 6 heteroatoms. The van der Waals surface area contributed by atoms with E-state index in [9.17, 15) is 17.6 Å². The minimum Gasteiger partial charge on any atom is -0.373 e. The normalized spacial score (nSPS) is 23.3. The number of rotatable bonds is 4. The lowest BCUT2D eigenvalue weighted by Crippen LogP contribution is -2.36. The largest absolute Gasteiger partial charge is 0.416 e. The maximum Gasteiger partial charge on any atom is 0.416 e. The van der Waals surface area contributed by atoms with Crippen LogP contribution in [0.3, 0.4) is 0 Å². The third kappa shape index (κ3) is 4.17. The van der Waals surface area contributed by atoms with Gasteiger partial charge in [-0.15, -0.1) is 0 Å². The maximum absolute atomic E-state index is 13.1. The van der Waals surface area contributed by atoms with Crippen molar-refractivity contribution in [1.82, 2.24) is 5.32 Å². The van der Waals surface area contributed by atoms with Gasteiger partial charge in [0.15, 0.2) is 0 Å². The van der Waals surface area contributed by atoms with Gasteiger partial charge in [0.2, 0.25) is 0 Å². The second-order valence-corrected chi connectivity index (χ2v) is 5.26. The predicted octanol–water partition coefficient (Wildman–Crippen LogP) is 4.06. The summed E-state index contributed by atoms with van der Waals surface area (Å²) in [4.78, 5) is 0. The van der Waals surface area contributed by atoms with E-state index < -0.39 is 23.7 Å². The van der Waals surface area contributed by atoms with Crippen LogP contribution in [0.15, 0.2) is 18.2 Å². The SMILES string of the molecule is CCCNC1CCOC(c2ccc(F)cc2C(F)(F)F)C1. The molecule has 1 aliphatic rings. The predicted molar refractivity (Wildman–Crippen MR) is 71.4 cm³/mol. The Morgan fingerprint density at radius 1 is 1.33 bits per heavy atom. The van der Waals surface area contributed by atoms with Gasteiger partial charge in [-0.3, -0.25) is 0 Å². The summed E-state index contributed by atoms with van der Waals surface area (Å²) < 4.78 is 57.8. The zero-order chi connectivity index (χ0) is 15.5. The van der Waals surface area contributed by atoms with Crippen molar-refractivity contribution in [2.45, 2.75) is 44.5 Å². The molecule has 1 aliphatic heterocycles. The first-order chi connectivity index (χ1) is 9.91. The van der Waals surface area contributed by atoms with Crippen molar-refractivity contribution >= 4 is 0 Å². The molecule has 1 aromatic rings. The van der Waals surface area contributed by atoms with Gasteiger partial charge in [-0.2, -0.15) is 13.2 Å². The second-order valence-electron chi connectivity index (χ2n) is 5.26. The summed E-state index contributed by atoms with van der Waals surface area (Å²) >= 11 is 0. The summed E-state index contributed by atoms with van der Waals surface area (Å²) in [5, 5.41) is 3.31. The van der Waals surface area contributed by atoms with Crippen LogP contribution in [0, 0.1) is 5.82 Å². The van der Waals surface area contributed by atoms with Crippen molar-refractivity contribution < 1.29 is 22.3 Å². The van der Waals surface area contributed by atoms with Gasteiger partial charge < -0.3 is 10.1 Å². The minimum absolute atomic E-state index is 0.0203. The average molecular weight is 305 g/mol. The molecule has 0 amide bonds. The number of ether oxygens (including phenoxy) is 1. The molecular weight excluding hydrogens is 286 g/mol. The Balaban J connectivity index is 2.21. The highest BCUT2D eigenvalue weighted by Crippen LogP contribution is 2.38. The first-order valence-corrected chi connectivity index (χ1v) is 7.13. The molecule has 21 heavy (non-hydrogen) atoms. The lowest BCUT2D eigenvalue weighted by molar-refractivity contribution is -0.140. The lowest BCUT2D eigenvalue weighted by Gasteiger charge is -2.31. The van der Waals surface area contributed by atoms with Crippen LogP contribution >= 0.6 is 0 Å². The molecule has 1 saturated heterocycles. The summed E-state index contributed by atoms with van der Waals surface area (Å²) in [5.74, 6) is -0.887. The fraction of sp³-hybridized carbons (Fsp3) is 0.600. The van der Waals surface area contributed by atoms with E-state index >= 15 is 0 Å². The fourth-order valence-corrected chi connectivity index (χ4v) is 2.60. The van der Waals surface area contributed by atoms with Crippen LogP contribution in [-0.2, 0) is 10.9 Å². The highest BCUT2D eigenvalue weighted by Gasteiger charge is 2.37. The molecule has 1 N–H and O–H groups in total. The van der Waals surface area contributed by atoms with E-state index in [0.29, 0.717) is 19.1 Å². The van der Waals surface area contributed by atoms with Gasteiger partial charge in [0, 0.05) is 12.6 Å². The summed E-state index contributed by atoms with van der Waals surface area (Å²) in [7, 11) is 0. The highest BCUT2D eigenvalue weighted by atomic mass is 19.4. The Morgan fingerprint density at radius 3 is 2.76 bits per heavy atom. The molecule has 2 unspecified atom stereocenters. The van der Waals surface area contributed by atoms with E-state index in [1.807, 2.05) is 6.92 Å². The zero-order valence-electron chi connectivity index (χ0n) is 11.8. The third-order valence-corrected chi connectivity index (χ3v) is 3.63. The van der Waals surface area contributed by atoms with Crippen molar-refractivity contribution in [3.8, 4) is 0 Å². The lowest BCUT2D eigenvalue weighted by atomic mass is 9.93. The quantitative estimate of drug-likeness (QED) is 0.847. The van der Waals surface area contributed by atoms with E-state index in [4.69, 9.17) is 4.74 Å². The monoisotopic (exact) mass is 305 g/mol. The Morgan fingerprint density at radius 2 is 2.10 bits per heavy atom. The molecule has 118 valence electrons. The van der Waals surface area contributed by atoms with Gasteiger partial charge >= 0.3 is 6.18 Å². The van der Waals surface area contributed by atoms with E-state index in [0.717, 1.165) is 25.5 Å². The zero-order valence-corrected chi connectivity index (χ0v) is 11.8. The molecule has 0 aromatic heterocycles. The van der Waals surface area contributed by atoms with E-state index in [1.165, 1.54) is 6.07 Å². The molecule has 0 saturated carbocycles. The van der Waals surface area contributed by atoms with Gasteiger partial charge in [-0.25, -0.2) is 4.39 Å². The van der Waals surface area contributed by atoms with Crippen LogP contribution in [0.1, 0.15) is 43.4 Å². The topological polar surface area (TPSA) is 21.3 Å². The summed E-state index contributed by atoms with van der Waals surface area (Å²) in [6.45, 7) is 3.26. The molecule has 2 atom stereocenters. The molecule has 0 spiro atoms. The van der Waals surface area contributed by atoms with Crippen molar-refractivity contribution in [1.29, 1.82) is 0 Å². The Bertz CT molecular complexity index is 475. The van der Waals surface area contributed by atoms with Crippen LogP contribution < -0.4 is 5.32 Å². The Hall–Kier alpha value is -1.14. The molecule has 1 aromatic carbocycles. The Kier molecular flexibility index (Phi) is 5.22. The van der Waals surface area contributed by atoms with Crippen molar-refractivity contribution in [3.05, 3.63) is 35.1 Å². The molecule has 2 rings (SSSR count). The van der Waals surface area contributed by atoms with Crippen molar-refractivity contribution in [2.75, 3.05) is 13.2 Å². The van der Waals surface area contributed by atoms with E-state index in [1.54, 1.807) is 0 Å². The number of nitrogens with one attached hydrogen (secondary N) is 1. The fourth-order valence-electron chi connectivity index (χ4n) is 2.60. The van der Waals surface area contributed by atoms with Gasteiger partial charge in [-0.1, -0.05) is 13.0 Å². The van der Waals surface area contributed by atoms with Crippen LogP contribution in [0.5, 0.6) is 0 Å². The van der Waals surface area contributed by atoms with Gasteiger partial charge in [0.05, 0.1) is 11.7 Å². The molecule has 0 aliphatic carbocycles. The standard InChI is InChI=1S/C15H19F4NO/c1-2-6-20-11-5-7-21-14(9-11)12-4-3-10(16)8-13(12)15(17,18)19/h3-4,8,11,14,20H,2,5-7,9H2,1H3. The van der Waals surface area contributed by atoms with Crippen LogP contribution in [0.25, 0.3) is 0 Å². The molecule has 1 fully saturated rings. The Labute approximate surface area is 121 Å². The molecule has 2 nitrogen and oxygen atoms in total. The van der Waals surface area contributed by atoms with Crippen LogP contribution in [0.2, 0.25) is 0 Å².